The minimum atomic E-state index is -0.259. The molecule has 0 amide bonds. The molecule has 0 bridgehead atoms. The molecule has 1 heterocycles. The van der Waals surface area contributed by atoms with E-state index in [9.17, 15) is 9.59 Å². The van der Waals surface area contributed by atoms with Crippen LogP contribution >= 0.6 is 0 Å². The zero-order valence-electron chi connectivity index (χ0n) is 7.82. The van der Waals surface area contributed by atoms with E-state index in [0.717, 1.165) is 24.8 Å². The van der Waals surface area contributed by atoms with Crippen molar-refractivity contribution in [2.75, 3.05) is 6.61 Å². The van der Waals surface area contributed by atoms with Crippen molar-refractivity contribution in [3.63, 3.8) is 0 Å². The molecule has 1 saturated heterocycles. The molecule has 2 aliphatic rings. The molecule has 0 spiro atoms. The summed E-state index contributed by atoms with van der Waals surface area (Å²) in [6.45, 7) is 0.196. The van der Waals surface area contributed by atoms with E-state index in [4.69, 9.17) is 9.47 Å². The van der Waals surface area contributed by atoms with E-state index in [0.29, 0.717) is 6.42 Å². The number of hydrogen-bond donors (Lipinski definition) is 0. The van der Waals surface area contributed by atoms with Gasteiger partial charge in [0.25, 0.3) is 0 Å². The summed E-state index contributed by atoms with van der Waals surface area (Å²) in [6, 6.07) is 0. The first kappa shape index (κ1) is 9.24. The molecule has 4 nitrogen and oxygen atoms in total. The van der Waals surface area contributed by atoms with Gasteiger partial charge in [0.1, 0.15) is 12.7 Å². The smallest absolute Gasteiger partial charge is 0.333 e. The first-order chi connectivity index (χ1) is 6.75. The normalized spacial score (nSPS) is 25.0. The summed E-state index contributed by atoms with van der Waals surface area (Å²) in [5.41, 5.74) is 0.760. The molecule has 1 unspecified atom stereocenters. The molecule has 0 saturated carbocycles. The quantitative estimate of drug-likeness (QED) is 0.631. The molecule has 1 fully saturated rings. The van der Waals surface area contributed by atoms with Gasteiger partial charge in [0.2, 0.25) is 0 Å². The molecule has 0 N–H and O–H groups in total. The van der Waals surface area contributed by atoms with Crippen LogP contribution < -0.4 is 0 Å². The van der Waals surface area contributed by atoms with Gasteiger partial charge in [-0.25, -0.2) is 4.79 Å². The van der Waals surface area contributed by atoms with Crippen molar-refractivity contribution in [3.05, 3.63) is 11.6 Å². The number of esters is 2. The van der Waals surface area contributed by atoms with Crippen LogP contribution in [-0.4, -0.2) is 24.6 Å². The van der Waals surface area contributed by atoms with Crippen molar-refractivity contribution in [1.82, 2.24) is 0 Å². The Morgan fingerprint density at radius 2 is 2.43 bits per heavy atom. The predicted octanol–water partition coefficient (Wildman–Crippen LogP) is 0.955. The van der Waals surface area contributed by atoms with E-state index in [1.807, 2.05) is 6.08 Å². The van der Waals surface area contributed by atoms with E-state index in [-0.39, 0.29) is 24.6 Å². The van der Waals surface area contributed by atoms with Crippen LogP contribution in [0.4, 0.5) is 0 Å². The van der Waals surface area contributed by atoms with Crippen molar-refractivity contribution < 1.29 is 19.1 Å². The van der Waals surface area contributed by atoms with Crippen LogP contribution in [0, 0.1) is 0 Å². The Kier molecular flexibility index (Phi) is 2.52. The highest BCUT2D eigenvalue weighted by Gasteiger charge is 2.29. The summed E-state index contributed by atoms with van der Waals surface area (Å²) in [5.74, 6) is -0.475. The Bertz CT molecular complexity index is 284. The molecule has 0 aromatic carbocycles. The molecule has 0 aromatic rings. The van der Waals surface area contributed by atoms with E-state index >= 15 is 0 Å². The van der Waals surface area contributed by atoms with E-state index in [2.05, 4.69) is 0 Å². The maximum atomic E-state index is 11.3. The third-order valence-corrected chi connectivity index (χ3v) is 2.40. The third kappa shape index (κ3) is 1.95. The minimum Gasteiger partial charge on any atom is -0.458 e. The van der Waals surface area contributed by atoms with Gasteiger partial charge in [-0.05, 0) is 19.3 Å². The van der Waals surface area contributed by atoms with E-state index < -0.39 is 0 Å². The van der Waals surface area contributed by atoms with Gasteiger partial charge in [-0.15, -0.1) is 0 Å². The second-order valence-corrected chi connectivity index (χ2v) is 3.54. The van der Waals surface area contributed by atoms with Gasteiger partial charge in [0.05, 0.1) is 6.42 Å². The summed E-state index contributed by atoms with van der Waals surface area (Å²) < 4.78 is 9.71. The molecule has 0 radical (unpaired) electrons. The van der Waals surface area contributed by atoms with Crippen LogP contribution in [0.15, 0.2) is 11.6 Å². The lowest BCUT2D eigenvalue weighted by atomic mass is 10.2. The maximum Gasteiger partial charge on any atom is 0.333 e. The Morgan fingerprint density at radius 3 is 3.00 bits per heavy atom. The number of carbonyl (C=O) groups excluding carboxylic acids is 2. The lowest BCUT2D eigenvalue weighted by Crippen LogP contribution is -2.37. The molecule has 76 valence electrons. The summed E-state index contributed by atoms with van der Waals surface area (Å²) in [6.07, 6.45) is 4.87. The zero-order chi connectivity index (χ0) is 9.97. The van der Waals surface area contributed by atoms with Gasteiger partial charge < -0.3 is 9.47 Å². The predicted molar refractivity (Wildman–Crippen MR) is 47.4 cm³/mol. The zero-order valence-corrected chi connectivity index (χ0v) is 7.82. The van der Waals surface area contributed by atoms with E-state index in [1.165, 1.54) is 0 Å². The summed E-state index contributed by atoms with van der Waals surface area (Å²) in [4.78, 5) is 21.8. The average Bonchev–Trinajstić information content (AvgIpc) is 2.62. The first-order valence-electron chi connectivity index (χ1n) is 4.81. The number of ether oxygens (including phenoxy) is 2. The Balaban J connectivity index is 1.70. The molecular formula is C10H12O4. The van der Waals surface area contributed by atoms with Crippen LogP contribution in [0.3, 0.4) is 0 Å². The first-order valence-corrected chi connectivity index (χ1v) is 4.81. The van der Waals surface area contributed by atoms with Gasteiger partial charge in [0.15, 0.2) is 0 Å². The highest BCUT2D eigenvalue weighted by molar-refractivity contribution is 5.88. The fraction of sp³-hybridized carbons (Fsp3) is 0.600. The molecule has 4 heteroatoms. The second kappa shape index (κ2) is 3.82. The number of cyclic esters (lactones) is 1. The number of rotatable bonds is 3. The SMILES string of the molecule is O=C1CC(COC(=O)C2=CCCC2)O1. The lowest BCUT2D eigenvalue weighted by molar-refractivity contribution is -0.177. The topological polar surface area (TPSA) is 52.6 Å². The fourth-order valence-electron chi connectivity index (χ4n) is 1.57. The monoisotopic (exact) mass is 196 g/mol. The van der Waals surface area contributed by atoms with Crippen molar-refractivity contribution >= 4 is 11.9 Å². The van der Waals surface area contributed by atoms with Gasteiger partial charge >= 0.3 is 11.9 Å². The van der Waals surface area contributed by atoms with Crippen molar-refractivity contribution in [2.24, 2.45) is 0 Å². The van der Waals surface area contributed by atoms with Crippen LogP contribution in [-0.2, 0) is 19.1 Å². The molecule has 2 rings (SSSR count). The summed E-state index contributed by atoms with van der Waals surface area (Å²) in [7, 11) is 0. The molecule has 14 heavy (non-hydrogen) atoms. The molecule has 1 aliphatic carbocycles. The molecule has 1 atom stereocenters. The number of allylic oxidation sites excluding steroid dienone is 1. The number of carbonyl (C=O) groups is 2. The second-order valence-electron chi connectivity index (χ2n) is 3.54. The standard InChI is InChI=1S/C10H12O4/c11-9-5-8(14-9)6-13-10(12)7-3-1-2-4-7/h3,8H,1-2,4-6H2. The maximum absolute atomic E-state index is 11.3. The average molecular weight is 196 g/mol. The Hall–Kier alpha value is -1.32. The van der Waals surface area contributed by atoms with Crippen molar-refractivity contribution in [3.8, 4) is 0 Å². The highest BCUT2D eigenvalue weighted by Crippen LogP contribution is 2.20. The fourth-order valence-corrected chi connectivity index (χ4v) is 1.57. The van der Waals surface area contributed by atoms with Gasteiger partial charge in [-0.3, -0.25) is 4.79 Å². The van der Waals surface area contributed by atoms with Crippen molar-refractivity contribution in [2.45, 2.75) is 31.8 Å². The van der Waals surface area contributed by atoms with Crippen LogP contribution in [0.1, 0.15) is 25.7 Å². The minimum absolute atomic E-state index is 0.196. The number of hydrogen-bond acceptors (Lipinski definition) is 4. The summed E-state index contributed by atoms with van der Waals surface area (Å²) >= 11 is 0. The van der Waals surface area contributed by atoms with Crippen LogP contribution in [0.25, 0.3) is 0 Å². The van der Waals surface area contributed by atoms with Crippen LogP contribution in [0.2, 0.25) is 0 Å². The van der Waals surface area contributed by atoms with E-state index in [1.54, 1.807) is 0 Å². The highest BCUT2D eigenvalue weighted by atomic mass is 16.6. The molecular weight excluding hydrogens is 184 g/mol. The summed E-state index contributed by atoms with van der Waals surface area (Å²) in [5, 5.41) is 0. The molecule has 0 aromatic heterocycles. The van der Waals surface area contributed by atoms with Gasteiger partial charge in [-0.2, -0.15) is 0 Å². The van der Waals surface area contributed by atoms with Gasteiger partial charge in [-0.1, -0.05) is 6.08 Å². The van der Waals surface area contributed by atoms with Crippen molar-refractivity contribution in [1.29, 1.82) is 0 Å². The molecule has 1 aliphatic heterocycles. The lowest BCUT2D eigenvalue weighted by Gasteiger charge is -2.24. The third-order valence-electron chi connectivity index (χ3n) is 2.40. The van der Waals surface area contributed by atoms with Crippen LogP contribution in [0.5, 0.6) is 0 Å². The Morgan fingerprint density at radius 1 is 1.64 bits per heavy atom. The van der Waals surface area contributed by atoms with Gasteiger partial charge in [0, 0.05) is 5.57 Å². The largest absolute Gasteiger partial charge is 0.458 e. The Labute approximate surface area is 81.9 Å².